The first-order chi connectivity index (χ1) is 4.74. The van der Waals surface area contributed by atoms with Crippen LogP contribution < -0.4 is 0 Å². The maximum absolute atomic E-state index is 10.3. The number of halogens is 1. The highest BCUT2D eigenvalue weighted by atomic mass is 35.5. The lowest BCUT2D eigenvalue weighted by Gasteiger charge is -2.17. The van der Waals surface area contributed by atoms with Crippen molar-refractivity contribution in [1.82, 2.24) is 0 Å². The van der Waals surface area contributed by atoms with Gasteiger partial charge in [-0.15, -0.1) is 0 Å². The van der Waals surface area contributed by atoms with E-state index in [4.69, 9.17) is 11.6 Å². The largest absolute Gasteiger partial charge is 0.298 e. The molecule has 0 fully saturated rings. The number of rotatable bonds is 1. The summed E-state index contributed by atoms with van der Waals surface area (Å²) in [5, 5.41) is 0.772. The molecule has 1 rings (SSSR count). The van der Waals surface area contributed by atoms with Crippen LogP contribution >= 0.6 is 11.6 Å². The number of carbonyl (C=O) groups excluding carboxylic acids is 1. The van der Waals surface area contributed by atoms with Crippen LogP contribution in [0, 0.1) is 5.92 Å². The first kappa shape index (κ1) is 7.80. The fourth-order valence-corrected chi connectivity index (χ4v) is 1.60. The van der Waals surface area contributed by atoms with Crippen LogP contribution in [-0.2, 0) is 4.79 Å². The summed E-state index contributed by atoms with van der Waals surface area (Å²) in [6.07, 6.45) is 3.73. The standard InChI is InChI=1S/C8H11ClO/c1-6-2-3-7(5-10)8(9)4-6/h5-6H,2-4H2,1H3/t6-/m1/s1. The minimum absolute atomic E-state index is 0.649. The normalized spacial score (nSPS) is 26.8. The Bertz CT molecular complexity index is 172. The van der Waals surface area contributed by atoms with Crippen LogP contribution in [0.1, 0.15) is 26.2 Å². The van der Waals surface area contributed by atoms with E-state index in [0.29, 0.717) is 5.92 Å². The van der Waals surface area contributed by atoms with Crippen LogP contribution in [0.5, 0.6) is 0 Å². The second-order valence-corrected chi connectivity index (χ2v) is 3.35. The number of carbonyl (C=O) groups is 1. The van der Waals surface area contributed by atoms with Gasteiger partial charge in [0.25, 0.3) is 0 Å². The van der Waals surface area contributed by atoms with Gasteiger partial charge in [-0.25, -0.2) is 0 Å². The van der Waals surface area contributed by atoms with Crippen LogP contribution in [0.2, 0.25) is 0 Å². The molecule has 1 nitrogen and oxygen atoms in total. The number of hydrogen-bond acceptors (Lipinski definition) is 1. The van der Waals surface area contributed by atoms with Gasteiger partial charge in [-0.2, -0.15) is 0 Å². The molecule has 0 aromatic rings. The summed E-state index contributed by atoms with van der Waals surface area (Å²) in [4.78, 5) is 10.3. The van der Waals surface area contributed by atoms with E-state index in [1.54, 1.807) is 0 Å². The van der Waals surface area contributed by atoms with Gasteiger partial charge < -0.3 is 0 Å². The van der Waals surface area contributed by atoms with E-state index in [-0.39, 0.29) is 0 Å². The lowest BCUT2D eigenvalue weighted by Crippen LogP contribution is -2.05. The molecule has 0 aliphatic heterocycles. The van der Waals surface area contributed by atoms with Crippen molar-refractivity contribution in [3.05, 3.63) is 10.6 Å². The zero-order valence-electron chi connectivity index (χ0n) is 6.06. The molecular weight excluding hydrogens is 148 g/mol. The lowest BCUT2D eigenvalue weighted by atomic mass is 9.91. The molecule has 10 heavy (non-hydrogen) atoms. The maximum atomic E-state index is 10.3. The first-order valence-electron chi connectivity index (χ1n) is 3.56. The van der Waals surface area contributed by atoms with E-state index in [1.807, 2.05) is 0 Å². The average molecular weight is 159 g/mol. The molecule has 1 aliphatic rings. The molecule has 0 spiro atoms. The zero-order chi connectivity index (χ0) is 7.56. The molecule has 0 bridgehead atoms. The molecule has 0 N–H and O–H groups in total. The third-order valence-electron chi connectivity index (χ3n) is 1.92. The van der Waals surface area contributed by atoms with Gasteiger partial charge in [0.05, 0.1) is 0 Å². The Hall–Kier alpha value is -0.300. The van der Waals surface area contributed by atoms with Gasteiger partial charge in [-0.3, -0.25) is 4.79 Å². The van der Waals surface area contributed by atoms with E-state index >= 15 is 0 Å². The molecule has 1 aliphatic carbocycles. The Labute approximate surface area is 66.1 Å². The third kappa shape index (κ3) is 1.60. The predicted molar refractivity (Wildman–Crippen MR) is 42.0 cm³/mol. The summed E-state index contributed by atoms with van der Waals surface area (Å²) in [5.74, 6) is 0.649. The van der Waals surface area contributed by atoms with Gasteiger partial charge in [0.1, 0.15) is 6.29 Å². The second-order valence-electron chi connectivity index (χ2n) is 2.90. The smallest absolute Gasteiger partial charge is 0.147 e. The Balaban J connectivity index is 2.70. The van der Waals surface area contributed by atoms with Crippen molar-refractivity contribution in [2.75, 3.05) is 0 Å². The summed E-state index contributed by atoms with van der Waals surface area (Å²) in [5.41, 5.74) is 0.805. The quantitative estimate of drug-likeness (QED) is 0.536. The Morgan fingerprint density at radius 3 is 2.90 bits per heavy atom. The highest BCUT2D eigenvalue weighted by Crippen LogP contribution is 2.29. The van der Waals surface area contributed by atoms with Crippen LogP contribution in [0.3, 0.4) is 0 Å². The molecule has 0 saturated carbocycles. The van der Waals surface area contributed by atoms with Gasteiger partial charge in [0.15, 0.2) is 0 Å². The van der Waals surface area contributed by atoms with Gasteiger partial charge in [0.2, 0.25) is 0 Å². The SMILES string of the molecule is C[C@@H]1CCC(C=O)=C(Cl)C1. The molecule has 0 heterocycles. The molecule has 0 saturated heterocycles. The topological polar surface area (TPSA) is 17.1 Å². The summed E-state index contributed by atoms with van der Waals surface area (Å²) in [7, 11) is 0. The van der Waals surface area contributed by atoms with E-state index in [1.165, 1.54) is 0 Å². The second kappa shape index (κ2) is 3.20. The van der Waals surface area contributed by atoms with Gasteiger partial charge in [-0.1, -0.05) is 18.5 Å². The molecule has 0 aromatic heterocycles. The van der Waals surface area contributed by atoms with Crippen molar-refractivity contribution in [3.63, 3.8) is 0 Å². The molecular formula is C8H11ClO. The highest BCUT2D eigenvalue weighted by Gasteiger charge is 2.15. The van der Waals surface area contributed by atoms with Crippen molar-refractivity contribution < 1.29 is 4.79 Å². The van der Waals surface area contributed by atoms with E-state index < -0.39 is 0 Å². The molecule has 0 amide bonds. The molecule has 0 radical (unpaired) electrons. The molecule has 56 valence electrons. The molecule has 1 atom stereocenters. The van der Waals surface area contributed by atoms with Gasteiger partial charge in [-0.05, 0) is 25.2 Å². The summed E-state index contributed by atoms with van der Waals surface area (Å²) in [6, 6.07) is 0. The third-order valence-corrected chi connectivity index (χ3v) is 2.32. The molecule has 0 unspecified atom stereocenters. The van der Waals surface area contributed by atoms with E-state index in [2.05, 4.69) is 6.92 Å². The van der Waals surface area contributed by atoms with Crippen molar-refractivity contribution >= 4 is 17.9 Å². The Morgan fingerprint density at radius 1 is 1.70 bits per heavy atom. The van der Waals surface area contributed by atoms with Crippen LogP contribution in [0.25, 0.3) is 0 Å². The zero-order valence-corrected chi connectivity index (χ0v) is 6.82. The maximum Gasteiger partial charge on any atom is 0.147 e. The van der Waals surface area contributed by atoms with Crippen molar-refractivity contribution in [1.29, 1.82) is 0 Å². The van der Waals surface area contributed by atoms with Crippen molar-refractivity contribution in [2.45, 2.75) is 26.2 Å². The predicted octanol–water partition coefficient (Wildman–Crippen LogP) is 2.50. The van der Waals surface area contributed by atoms with E-state index in [0.717, 1.165) is 36.2 Å². The average Bonchev–Trinajstić information content (AvgIpc) is 1.88. The molecule has 0 aromatic carbocycles. The van der Waals surface area contributed by atoms with Crippen molar-refractivity contribution in [2.24, 2.45) is 5.92 Å². The summed E-state index contributed by atoms with van der Waals surface area (Å²) >= 11 is 5.83. The van der Waals surface area contributed by atoms with Gasteiger partial charge in [0, 0.05) is 10.6 Å². The fraction of sp³-hybridized carbons (Fsp3) is 0.625. The van der Waals surface area contributed by atoms with Crippen LogP contribution in [-0.4, -0.2) is 6.29 Å². The number of hydrogen-bond donors (Lipinski definition) is 0. The van der Waals surface area contributed by atoms with Gasteiger partial charge >= 0.3 is 0 Å². The summed E-state index contributed by atoms with van der Waals surface area (Å²) in [6.45, 7) is 2.16. The minimum Gasteiger partial charge on any atom is -0.298 e. The monoisotopic (exact) mass is 158 g/mol. The summed E-state index contributed by atoms with van der Waals surface area (Å²) < 4.78 is 0. The fourth-order valence-electron chi connectivity index (χ4n) is 1.20. The highest BCUT2D eigenvalue weighted by molar-refractivity contribution is 6.31. The minimum atomic E-state index is 0.649. The van der Waals surface area contributed by atoms with E-state index in [9.17, 15) is 4.79 Å². The first-order valence-corrected chi connectivity index (χ1v) is 3.94. The van der Waals surface area contributed by atoms with Crippen LogP contribution in [0.4, 0.5) is 0 Å². The van der Waals surface area contributed by atoms with Crippen LogP contribution in [0.15, 0.2) is 10.6 Å². The van der Waals surface area contributed by atoms with Crippen molar-refractivity contribution in [3.8, 4) is 0 Å². The Morgan fingerprint density at radius 2 is 2.40 bits per heavy atom. The number of allylic oxidation sites excluding steroid dienone is 2. The lowest BCUT2D eigenvalue weighted by molar-refractivity contribution is -0.105. The Kier molecular flexibility index (Phi) is 2.50. The number of aldehydes is 1. The molecule has 2 heteroatoms.